The molecule has 0 unspecified atom stereocenters. The van der Waals surface area contributed by atoms with Gasteiger partial charge in [-0.3, -0.25) is 22.9 Å². The number of methoxy groups -OCH3 is 1. The van der Waals surface area contributed by atoms with E-state index in [4.69, 9.17) is 4.74 Å². The van der Waals surface area contributed by atoms with Crippen LogP contribution in [0.3, 0.4) is 0 Å². The smallest absolute Gasteiger partial charge is 0.332 e. The summed E-state index contributed by atoms with van der Waals surface area (Å²) >= 11 is 0. The van der Waals surface area contributed by atoms with Crippen LogP contribution >= 0.6 is 0 Å². The number of hydrogen-bond acceptors (Lipinski definition) is 4. The van der Waals surface area contributed by atoms with E-state index in [0.717, 1.165) is 22.5 Å². The molecule has 8 nitrogen and oxygen atoms in total. The van der Waals surface area contributed by atoms with E-state index in [9.17, 15) is 9.59 Å². The van der Waals surface area contributed by atoms with E-state index in [1.54, 1.807) is 18.6 Å². The van der Waals surface area contributed by atoms with Gasteiger partial charge in [0.2, 0.25) is 5.78 Å². The summed E-state index contributed by atoms with van der Waals surface area (Å²) in [5.41, 5.74) is 4.20. The summed E-state index contributed by atoms with van der Waals surface area (Å²) in [6, 6.07) is 6.23. The largest absolute Gasteiger partial charge is 0.383 e. The van der Waals surface area contributed by atoms with Crippen molar-refractivity contribution in [2.45, 2.75) is 27.3 Å². The maximum atomic E-state index is 13.1. The van der Waals surface area contributed by atoms with Gasteiger partial charge in [0.15, 0.2) is 11.2 Å². The number of fused-ring (bicyclic) bond motifs is 3. The molecule has 4 rings (SSSR count). The summed E-state index contributed by atoms with van der Waals surface area (Å²) in [6.45, 7) is 6.54. The Balaban J connectivity index is 2.11. The van der Waals surface area contributed by atoms with Crippen LogP contribution in [0.1, 0.15) is 16.8 Å². The number of benzene rings is 1. The van der Waals surface area contributed by atoms with Crippen molar-refractivity contribution in [1.82, 2.24) is 23.1 Å². The summed E-state index contributed by atoms with van der Waals surface area (Å²) in [7, 11) is 3.17. The fourth-order valence-electron chi connectivity index (χ4n) is 3.65. The van der Waals surface area contributed by atoms with Crippen molar-refractivity contribution in [3.63, 3.8) is 0 Å². The summed E-state index contributed by atoms with van der Waals surface area (Å²) in [5.74, 6) is 0.609. The fraction of sp³-hybridized carbons (Fsp3) is 0.350. The highest BCUT2D eigenvalue weighted by Gasteiger charge is 2.21. The third-order valence-electron chi connectivity index (χ3n) is 5.15. The molecule has 8 heteroatoms. The van der Waals surface area contributed by atoms with Crippen molar-refractivity contribution in [3.05, 3.63) is 62.1 Å². The Hall–Kier alpha value is -3.13. The van der Waals surface area contributed by atoms with Gasteiger partial charge >= 0.3 is 5.69 Å². The zero-order valence-corrected chi connectivity index (χ0v) is 16.7. The van der Waals surface area contributed by atoms with E-state index in [-0.39, 0.29) is 18.7 Å². The van der Waals surface area contributed by atoms with Gasteiger partial charge in [0, 0.05) is 26.0 Å². The van der Waals surface area contributed by atoms with E-state index in [2.05, 4.69) is 23.2 Å². The predicted octanol–water partition coefficient (Wildman–Crippen LogP) is 1.71. The van der Waals surface area contributed by atoms with Gasteiger partial charge in [0.1, 0.15) is 0 Å². The van der Waals surface area contributed by atoms with Crippen molar-refractivity contribution in [2.24, 2.45) is 7.05 Å². The second kappa shape index (κ2) is 6.49. The molecule has 0 fully saturated rings. The number of aryl methyl sites for hydroxylation is 4. The molecule has 4 aromatic rings. The fourth-order valence-corrected chi connectivity index (χ4v) is 3.65. The summed E-state index contributed by atoms with van der Waals surface area (Å²) in [5, 5.41) is 0. The Kier molecular flexibility index (Phi) is 4.23. The normalized spacial score (nSPS) is 11.8. The maximum absolute atomic E-state index is 13.1. The molecule has 3 aromatic heterocycles. The van der Waals surface area contributed by atoms with Gasteiger partial charge in [0.05, 0.1) is 18.8 Å². The van der Waals surface area contributed by atoms with Gasteiger partial charge in [-0.1, -0.05) is 12.1 Å². The van der Waals surface area contributed by atoms with E-state index in [1.807, 2.05) is 31.5 Å². The minimum absolute atomic E-state index is 0.196. The lowest BCUT2D eigenvalue weighted by Crippen LogP contribution is -2.40. The van der Waals surface area contributed by atoms with Gasteiger partial charge in [0.25, 0.3) is 5.56 Å². The molecule has 0 aliphatic rings. The molecule has 0 saturated carbocycles. The van der Waals surface area contributed by atoms with Gasteiger partial charge in [-0.25, -0.2) is 4.79 Å². The monoisotopic (exact) mass is 381 g/mol. The molecule has 28 heavy (non-hydrogen) atoms. The zero-order valence-electron chi connectivity index (χ0n) is 16.7. The van der Waals surface area contributed by atoms with Crippen LogP contribution in [0, 0.1) is 20.8 Å². The van der Waals surface area contributed by atoms with Gasteiger partial charge in [-0.2, -0.15) is 4.98 Å². The number of ether oxygens (including phenoxy) is 1. The van der Waals surface area contributed by atoms with Crippen LogP contribution in [0.5, 0.6) is 0 Å². The van der Waals surface area contributed by atoms with Crippen molar-refractivity contribution in [1.29, 1.82) is 0 Å². The molecule has 0 saturated heterocycles. The highest BCUT2D eigenvalue weighted by Crippen LogP contribution is 2.24. The van der Waals surface area contributed by atoms with Gasteiger partial charge in [-0.05, 0) is 38.0 Å². The number of imidazole rings is 2. The summed E-state index contributed by atoms with van der Waals surface area (Å²) < 4.78 is 11.5. The predicted molar refractivity (Wildman–Crippen MR) is 108 cm³/mol. The molecule has 3 heterocycles. The van der Waals surface area contributed by atoms with Crippen molar-refractivity contribution >= 4 is 16.9 Å². The Morgan fingerprint density at radius 2 is 1.89 bits per heavy atom. The molecule has 0 N–H and O–H groups in total. The number of rotatable bonds is 4. The second-order valence-electron chi connectivity index (χ2n) is 7.14. The van der Waals surface area contributed by atoms with Crippen LogP contribution in [0.15, 0.2) is 34.0 Å². The van der Waals surface area contributed by atoms with Crippen LogP contribution in [0.25, 0.3) is 22.6 Å². The molecule has 0 atom stereocenters. The quantitative estimate of drug-likeness (QED) is 0.539. The standard InChI is InChI=1S/C20H23N5O3/c1-12-6-7-13(2)15(10-12)25-14(3)11-24-16-17(21-19(24)25)22(4)20(27)23(18(16)26)8-9-28-5/h6-7,10-11H,8-9H2,1-5H3. The molecular weight excluding hydrogens is 358 g/mol. The number of hydrogen-bond donors (Lipinski definition) is 0. The topological polar surface area (TPSA) is 75.5 Å². The minimum Gasteiger partial charge on any atom is -0.383 e. The Labute approximate surface area is 161 Å². The molecule has 1 aromatic carbocycles. The SMILES string of the molecule is COCCn1c(=O)c2c(nc3n(-c4cc(C)ccc4C)c(C)cn23)n(C)c1=O. The van der Waals surface area contributed by atoms with E-state index in [1.165, 1.54) is 9.13 Å². The Bertz CT molecular complexity index is 1340. The molecule has 0 radical (unpaired) electrons. The van der Waals surface area contributed by atoms with Crippen LogP contribution in [-0.2, 0) is 18.3 Å². The van der Waals surface area contributed by atoms with Crippen molar-refractivity contribution in [3.8, 4) is 5.69 Å². The first-order valence-corrected chi connectivity index (χ1v) is 9.11. The van der Waals surface area contributed by atoms with Crippen molar-refractivity contribution < 1.29 is 4.74 Å². The molecule has 0 aliphatic carbocycles. The summed E-state index contributed by atoms with van der Waals surface area (Å²) in [6.07, 6.45) is 1.89. The third kappa shape index (κ3) is 2.52. The average Bonchev–Trinajstić information content (AvgIpc) is 3.17. The maximum Gasteiger partial charge on any atom is 0.332 e. The Morgan fingerprint density at radius 3 is 2.61 bits per heavy atom. The molecular formula is C20H23N5O3. The minimum atomic E-state index is -0.398. The van der Waals surface area contributed by atoms with Crippen LogP contribution in [0.4, 0.5) is 0 Å². The van der Waals surface area contributed by atoms with Gasteiger partial charge < -0.3 is 4.74 Å². The molecule has 0 bridgehead atoms. The Morgan fingerprint density at radius 1 is 1.14 bits per heavy atom. The van der Waals surface area contributed by atoms with Crippen LogP contribution in [0.2, 0.25) is 0 Å². The molecule has 0 spiro atoms. The van der Waals surface area contributed by atoms with Crippen molar-refractivity contribution in [2.75, 3.05) is 13.7 Å². The average molecular weight is 381 g/mol. The lowest BCUT2D eigenvalue weighted by atomic mass is 10.1. The zero-order chi connectivity index (χ0) is 20.2. The van der Waals surface area contributed by atoms with Crippen LogP contribution in [-0.4, -0.2) is 36.8 Å². The van der Waals surface area contributed by atoms with E-state index in [0.29, 0.717) is 16.9 Å². The molecule has 0 aliphatic heterocycles. The van der Waals surface area contributed by atoms with Crippen LogP contribution < -0.4 is 11.2 Å². The molecule has 0 amide bonds. The number of nitrogens with zero attached hydrogens (tertiary/aromatic N) is 5. The molecule has 146 valence electrons. The lowest BCUT2D eigenvalue weighted by molar-refractivity contribution is 0.184. The highest BCUT2D eigenvalue weighted by molar-refractivity contribution is 5.76. The van der Waals surface area contributed by atoms with E-state index >= 15 is 0 Å². The second-order valence-corrected chi connectivity index (χ2v) is 7.14. The first kappa shape index (κ1) is 18.2. The third-order valence-corrected chi connectivity index (χ3v) is 5.15. The first-order chi connectivity index (χ1) is 13.3. The highest BCUT2D eigenvalue weighted by atomic mass is 16.5. The number of aromatic nitrogens is 5. The lowest BCUT2D eigenvalue weighted by Gasteiger charge is -2.10. The summed E-state index contributed by atoms with van der Waals surface area (Å²) in [4.78, 5) is 30.4. The van der Waals surface area contributed by atoms with E-state index < -0.39 is 5.69 Å². The van der Waals surface area contributed by atoms with Gasteiger partial charge in [-0.15, -0.1) is 0 Å². The first-order valence-electron chi connectivity index (χ1n) is 9.11.